The quantitative estimate of drug-likeness (QED) is 0.371. The van der Waals surface area contributed by atoms with Crippen LogP contribution in [0.1, 0.15) is 5.56 Å². The van der Waals surface area contributed by atoms with Crippen molar-refractivity contribution in [3.63, 3.8) is 0 Å². The zero-order valence-corrected chi connectivity index (χ0v) is 11.7. The van der Waals surface area contributed by atoms with E-state index in [9.17, 15) is 5.11 Å². The van der Waals surface area contributed by atoms with Crippen molar-refractivity contribution in [1.82, 2.24) is 5.43 Å². The van der Waals surface area contributed by atoms with Crippen LogP contribution in [-0.2, 0) is 23.5 Å². The Morgan fingerprint density at radius 2 is 1.90 bits per heavy atom. The molecule has 2 aromatic rings. The predicted molar refractivity (Wildman–Crippen MR) is 67.9 cm³/mol. The van der Waals surface area contributed by atoms with Gasteiger partial charge in [-0.15, -0.1) is 0 Å². The Hall–Kier alpha value is -1.93. The number of rotatable bonds is 3. The van der Waals surface area contributed by atoms with Gasteiger partial charge in [0.05, 0.1) is 6.21 Å². The third-order valence-corrected chi connectivity index (χ3v) is 2.35. The summed E-state index contributed by atoms with van der Waals surface area (Å²) in [6.45, 7) is 0. The van der Waals surface area contributed by atoms with Gasteiger partial charge in [0.1, 0.15) is 5.75 Å². The second-order valence-electron chi connectivity index (χ2n) is 3.63. The van der Waals surface area contributed by atoms with E-state index in [1.807, 2.05) is 30.3 Å². The Morgan fingerprint density at radius 1 is 1.25 bits per heavy atom. The number of nitrogens with zero attached hydrogens (tertiary/aromatic N) is 1. The molecule has 0 aromatic heterocycles. The van der Waals surface area contributed by atoms with Gasteiger partial charge in [-0.1, -0.05) is 30.3 Å². The van der Waals surface area contributed by atoms with Gasteiger partial charge in [-0.2, -0.15) is 5.10 Å². The summed E-state index contributed by atoms with van der Waals surface area (Å²) in [5.74, 6) is 0.126. The standard InChI is InChI=1S/C12H13N3O2.2O.V/c13-12(17)15-14-7-10-9-4-2-1-3-8(9)5-6-11(10)16;;;/h1-7,12,15-17H,13H2;;;. The van der Waals surface area contributed by atoms with Crippen LogP contribution in [0.3, 0.4) is 0 Å². The van der Waals surface area contributed by atoms with Crippen molar-refractivity contribution >= 4 is 17.0 Å². The van der Waals surface area contributed by atoms with Gasteiger partial charge in [-0.25, -0.2) is 0 Å². The number of aromatic hydroxyl groups is 1. The summed E-state index contributed by atoms with van der Waals surface area (Å²) in [6, 6.07) is 11.1. The summed E-state index contributed by atoms with van der Waals surface area (Å²) in [5, 5.41) is 24.2. The number of fused-ring (bicyclic) bond motifs is 1. The van der Waals surface area contributed by atoms with Crippen molar-refractivity contribution in [3.05, 3.63) is 42.0 Å². The number of phenols is 1. The second-order valence-corrected chi connectivity index (χ2v) is 3.86. The predicted octanol–water partition coefficient (Wildman–Crippen LogP) is 0.463. The summed E-state index contributed by atoms with van der Waals surface area (Å²) in [7, 11) is 0. The topological polar surface area (TPSA) is 125 Å². The van der Waals surface area contributed by atoms with Gasteiger partial charge in [0.25, 0.3) is 0 Å². The average Bonchev–Trinajstić information content (AvgIpc) is 2.42. The van der Waals surface area contributed by atoms with Crippen molar-refractivity contribution in [2.24, 2.45) is 10.8 Å². The van der Waals surface area contributed by atoms with Crippen LogP contribution in [0.25, 0.3) is 10.8 Å². The fourth-order valence-electron chi connectivity index (χ4n) is 1.60. The molecular weight excluding hydrogens is 301 g/mol. The van der Waals surface area contributed by atoms with E-state index in [1.165, 1.54) is 6.21 Å². The number of phenolic OH excluding ortho intramolecular Hbond substituents is 1. The van der Waals surface area contributed by atoms with Gasteiger partial charge in [0, 0.05) is 5.56 Å². The number of benzene rings is 2. The number of nitrogens with two attached hydrogens (primary N) is 1. The van der Waals surface area contributed by atoms with E-state index < -0.39 is 22.5 Å². The number of aliphatic hydroxyl groups is 1. The molecule has 1 atom stereocenters. The van der Waals surface area contributed by atoms with Gasteiger partial charge in [-0.05, 0) is 16.8 Å². The molecule has 105 valence electrons. The molecule has 0 heterocycles. The molecule has 0 aliphatic heterocycles. The Bertz CT molecular complexity index is 640. The fraction of sp³-hybridized carbons (Fsp3) is 0.0833. The molecule has 0 spiro atoms. The Balaban J connectivity index is 0.000000612. The first-order valence-electron chi connectivity index (χ1n) is 5.48. The third-order valence-electron chi connectivity index (χ3n) is 2.35. The molecule has 0 amide bonds. The molecule has 5 N–H and O–H groups in total. The Labute approximate surface area is 121 Å². The molecule has 2 aromatic carbocycles. The molecule has 0 aliphatic rings. The zero-order chi connectivity index (χ0) is 15.0. The molecule has 0 bridgehead atoms. The van der Waals surface area contributed by atoms with Crippen LogP contribution in [0, 0.1) is 0 Å². The second kappa shape index (κ2) is 8.29. The monoisotopic (exact) mass is 314 g/mol. The summed E-state index contributed by atoms with van der Waals surface area (Å²) < 4.78 is 16.9. The van der Waals surface area contributed by atoms with E-state index in [0.29, 0.717) is 5.56 Å². The molecule has 7 nitrogen and oxygen atoms in total. The minimum absolute atomic E-state index is 0.126. The number of hydrogen-bond acceptors (Lipinski definition) is 7. The van der Waals surface area contributed by atoms with Crippen LogP contribution in [0.15, 0.2) is 41.5 Å². The van der Waals surface area contributed by atoms with E-state index in [-0.39, 0.29) is 5.75 Å². The Kier molecular flexibility index (Phi) is 6.68. The molecule has 0 radical (unpaired) electrons. The van der Waals surface area contributed by atoms with Crippen molar-refractivity contribution in [1.29, 1.82) is 0 Å². The average molecular weight is 314 g/mol. The van der Waals surface area contributed by atoms with Gasteiger partial charge in [0.2, 0.25) is 0 Å². The molecule has 2 rings (SSSR count). The summed E-state index contributed by atoms with van der Waals surface area (Å²) in [4.78, 5) is 0. The van der Waals surface area contributed by atoms with Crippen LogP contribution < -0.4 is 11.2 Å². The molecule has 0 aliphatic carbocycles. The van der Waals surface area contributed by atoms with Gasteiger partial charge in [-0.3, -0.25) is 11.2 Å². The Morgan fingerprint density at radius 3 is 2.55 bits per heavy atom. The fourth-order valence-corrected chi connectivity index (χ4v) is 1.60. The van der Waals surface area contributed by atoms with Crippen molar-refractivity contribution in [2.45, 2.75) is 6.35 Å². The van der Waals surface area contributed by atoms with E-state index in [1.54, 1.807) is 6.07 Å². The first kappa shape index (κ1) is 16.1. The van der Waals surface area contributed by atoms with E-state index in [4.69, 9.17) is 18.2 Å². The maximum absolute atomic E-state index is 9.76. The van der Waals surface area contributed by atoms with Crippen LogP contribution in [0.2, 0.25) is 0 Å². The summed E-state index contributed by atoms with van der Waals surface area (Å²) in [6.07, 6.45) is 0.205. The molecule has 20 heavy (non-hydrogen) atoms. The molecule has 8 heteroatoms. The maximum atomic E-state index is 9.76. The van der Waals surface area contributed by atoms with Crippen molar-refractivity contribution < 1.29 is 33.7 Å². The summed E-state index contributed by atoms with van der Waals surface area (Å²) in [5.41, 5.74) is 7.93. The van der Waals surface area contributed by atoms with Crippen LogP contribution in [-0.4, -0.2) is 22.8 Å². The van der Waals surface area contributed by atoms with Crippen molar-refractivity contribution in [2.75, 3.05) is 0 Å². The van der Waals surface area contributed by atoms with Crippen molar-refractivity contribution in [3.8, 4) is 5.75 Å². The van der Waals surface area contributed by atoms with Gasteiger partial charge in [0.15, 0.2) is 6.35 Å². The van der Waals surface area contributed by atoms with Gasteiger partial charge >= 0.3 is 23.5 Å². The zero-order valence-electron chi connectivity index (χ0n) is 10.3. The first-order valence-corrected chi connectivity index (χ1v) is 6.62. The molecular formula is C12H13N3O4V. The van der Waals surface area contributed by atoms with E-state index in [0.717, 1.165) is 10.8 Å². The molecule has 0 saturated heterocycles. The van der Waals surface area contributed by atoms with E-state index >= 15 is 0 Å². The SMILES string of the molecule is NC(O)NN=Cc1c(O)ccc2ccccc12.[O]=[V]=[O]. The summed E-state index contributed by atoms with van der Waals surface area (Å²) >= 11 is -1.81. The minimum atomic E-state index is -1.81. The number of nitrogens with one attached hydrogen (secondary N) is 1. The van der Waals surface area contributed by atoms with Crippen LogP contribution in [0.5, 0.6) is 5.75 Å². The normalized spacial score (nSPS) is 11.5. The number of aliphatic hydroxyl groups excluding tert-OH is 1. The van der Waals surface area contributed by atoms with E-state index in [2.05, 4.69) is 10.5 Å². The van der Waals surface area contributed by atoms with Crippen LogP contribution in [0.4, 0.5) is 0 Å². The number of hydrazone groups is 1. The third kappa shape index (κ3) is 4.63. The molecule has 0 saturated carbocycles. The number of hydrogen-bond donors (Lipinski definition) is 4. The molecule has 1 unspecified atom stereocenters. The van der Waals surface area contributed by atoms with Gasteiger partial charge < -0.3 is 10.2 Å². The molecule has 0 fully saturated rings. The first-order chi connectivity index (χ1) is 9.60. The van der Waals surface area contributed by atoms with Crippen LogP contribution >= 0.6 is 0 Å².